The molecule has 0 atom stereocenters. The SMILES string of the molecule is CCCCC=COc1nc(OC=CCCCC)nc(OC=CCCCC)n1. The highest BCUT2D eigenvalue weighted by atomic mass is 16.5. The summed E-state index contributed by atoms with van der Waals surface area (Å²) in [6.07, 6.45) is 20.2. The van der Waals surface area contributed by atoms with Gasteiger partial charge < -0.3 is 14.2 Å². The van der Waals surface area contributed by atoms with Gasteiger partial charge in [-0.3, -0.25) is 0 Å². The Balaban J connectivity index is 2.72. The summed E-state index contributed by atoms with van der Waals surface area (Å²) < 4.78 is 16.4. The molecule has 0 aliphatic rings. The highest BCUT2D eigenvalue weighted by molar-refractivity contribution is 5.11. The van der Waals surface area contributed by atoms with Gasteiger partial charge in [0, 0.05) is 0 Å². The second-order valence-electron chi connectivity index (χ2n) is 6.08. The molecule has 1 aromatic rings. The van der Waals surface area contributed by atoms with Crippen LogP contribution >= 0.6 is 0 Å². The van der Waals surface area contributed by atoms with Crippen LogP contribution in [0.5, 0.6) is 18.0 Å². The average Bonchev–Trinajstić information content (AvgIpc) is 2.67. The summed E-state index contributed by atoms with van der Waals surface area (Å²) in [6.45, 7) is 6.45. The first-order chi connectivity index (χ1) is 13.3. The number of unbranched alkanes of at least 4 members (excludes halogenated alkanes) is 6. The predicted molar refractivity (Wildman–Crippen MR) is 108 cm³/mol. The standard InChI is InChI=1S/C21H33N3O3/c1-4-7-10-13-16-25-19-22-20(26-17-14-11-8-5-2)24-21(23-19)27-18-15-12-9-6-3/h13-18H,4-12H2,1-3H3. The van der Waals surface area contributed by atoms with Crippen LogP contribution in [0.2, 0.25) is 0 Å². The van der Waals surface area contributed by atoms with Crippen LogP contribution in [-0.4, -0.2) is 15.0 Å². The molecule has 0 saturated heterocycles. The molecule has 0 bridgehead atoms. The lowest BCUT2D eigenvalue weighted by Crippen LogP contribution is -2.00. The van der Waals surface area contributed by atoms with Gasteiger partial charge in [0.1, 0.15) is 0 Å². The van der Waals surface area contributed by atoms with Crippen molar-refractivity contribution in [3.05, 3.63) is 37.0 Å². The smallest absolute Gasteiger partial charge is 0.330 e. The molecule has 0 amide bonds. The molecule has 1 rings (SSSR count). The summed E-state index contributed by atoms with van der Waals surface area (Å²) in [5.41, 5.74) is 0. The second-order valence-corrected chi connectivity index (χ2v) is 6.08. The first-order valence-corrected chi connectivity index (χ1v) is 10.0. The van der Waals surface area contributed by atoms with Crippen molar-refractivity contribution < 1.29 is 14.2 Å². The van der Waals surface area contributed by atoms with Crippen molar-refractivity contribution in [2.75, 3.05) is 0 Å². The van der Waals surface area contributed by atoms with E-state index in [1.807, 2.05) is 18.2 Å². The van der Waals surface area contributed by atoms with Crippen molar-refractivity contribution in [3.8, 4) is 18.0 Å². The molecular weight excluding hydrogens is 342 g/mol. The van der Waals surface area contributed by atoms with Gasteiger partial charge in [0.2, 0.25) is 0 Å². The Labute approximate surface area is 163 Å². The van der Waals surface area contributed by atoms with Crippen LogP contribution in [-0.2, 0) is 0 Å². The van der Waals surface area contributed by atoms with Crippen molar-refractivity contribution in [2.24, 2.45) is 0 Å². The Morgan fingerprint density at radius 3 is 1.11 bits per heavy atom. The molecule has 0 N–H and O–H groups in total. The lowest BCUT2D eigenvalue weighted by molar-refractivity contribution is 0.358. The van der Waals surface area contributed by atoms with Crippen LogP contribution < -0.4 is 14.2 Å². The third-order valence-electron chi connectivity index (χ3n) is 3.56. The summed E-state index contributed by atoms with van der Waals surface area (Å²) in [5, 5.41) is 0. The van der Waals surface area contributed by atoms with Crippen LogP contribution in [0, 0.1) is 0 Å². The molecule has 0 fully saturated rings. The number of nitrogens with zero attached hydrogens (tertiary/aromatic N) is 3. The van der Waals surface area contributed by atoms with Gasteiger partial charge in [-0.1, -0.05) is 40.0 Å². The highest BCUT2D eigenvalue weighted by Gasteiger charge is 2.08. The van der Waals surface area contributed by atoms with Crippen LogP contribution in [0.25, 0.3) is 0 Å². The molecule has 1 heterocycles. The van der Waals surface area contributed by atoms with Crippen molar-refractivity contribution in [1.82, 2.24) is 15.0 Å². The van der Waals surface area contributed by atoms with E-state index < -0.39 is 0 Å². The summed E-state index contributed by atoms with van der Waals surface area (Å²) in [6, 6.07) is 0.435. The minimum atomic E-state index is 0.145. The minimum absolute atomic E-state index is 0.145. The van der Waals surface area contributed by atoms with E-state index in [0.29, 0.717) is 0 Å². The summed E-state index contributed by atoms with van der Waals surface area (Å²) in [7, 11) is 0. The molecule has 0 saturated carbocycles. The minimum Gasteiger partial charge on any atom is -0.432 e. The van der Waals surface area contributed by atoms with Crippen molar-refractivity contribution in [1.29, 1.82) is 0 Å². The van der Waals surface area contributed by atoms with Gasteiger partial charge in [0.25, 0.3) is 0 Å². The van der Waals surface area contributed by atoms with E-state index in [0.717, 1.165) is 57.8 Å². The van der Waals surface area contributed by atoms with Crippen LogP contribution in [0.3, 0.4) is 0 Å². The highest BCUT2D eigenvalue weighted by Crippen LogP contribution is 2.16. The van der Waals surface area contributed by atoms with E-state index in [4.69, 9.17) is 14.2 Å². The number of ether oxygens (including phenoxy) is 3. The topological polar surface area (TPSA) is 66.4 Å². The molecule has 0 radical (unpaired) electrons. The summed E-state index contributed by atoms with van der Waals surface area (Å²) >= 11 is 0. The molecule has 0 aliphatic carbocycles. The van der Waals surface area contributed by atoms with Gasteiger partial charge in [-0.2, -0.15) is 0 Å². The molecule has 0 spiro atoms. The first-order valence-electron chi connectivity index (χ1n) is 10.0. The fourth-order valence-electron chi connectivity index (χ4n) is 1.98. The van der Waals surface area contributed by atoms with Gasteiger partial charge in [-0.05, 0) is 56.8 Å². The number of rotatable bonds is 15. The average molecular weight is 376 g/mol. The molecule has 1 aromatic heterocycles. The monoisotopic (exact) mass is 375 g/mol. The molecule has 0 unspecified atom stereocenters. The van der Waals surface area contributed by atoms with E-state index in [2.05, 4.69) is 35.7 Å². The fraction of sp³-hybridized carbons (Fsp3) is 0.571. The van der Waals surface area contributed by atoms with Crippen LogP contribution in [0.15, 0.2) is 37.0 Å². The lowest BCUT2D eigenvalue weighted by Gasteiger charge is -2.04. The first kappa shape index (κ1) is 22.7. The van der Waals surface area contributed by atoms with Gasteiger partial charge in [-0.25, -0.2) is 0 Å². The van der Waals surface area contributed by atoms with Crippen molar-refractivity contribution in [3.63, 3.8) is 0 Å². The Kier molecular flexibility index (Phi) is 13.3. The van der Waals surface area contributed by atoms with Crippen molar-refractivity contribution >= 4 is 0 Å². The zero-order valence-electron chi connectivity index (χ0n) is 16.9. The van der Waals surface area contributed by atoms with Crippen LogP contribution in [0.1, 0.15) is 78.6 Å². The Bertz CT molecular complexity index is 493. The molecule has 27 heavy (non-hydrogen) atoms. The van der Waals surface area contributed by atoms with Gasteiger partial charge in [0.15, 0.2) is 0 Å². The van der Waals surface area contributed by atoms with E-state index in [9.17, 15) is 0 Å². The molecule has 6 nitrogen and oxygen atoms in total. The van der Waals surface area contributed by atoms with E-state index in [1.54, 1.807) is 18.8 Å². The molecule has 6 heteroatoms. The molecule has 150 valence electrons. The van der Waals surface area contributed by atoms with E-state index in [1.165, 1.54) is 0 Å². The lowest BCUT2D eigenvalue weighted by atomic mass is 10.2. The van der Waals surface area contributed by atoms with Gasteiger partial charge >= 0.3 is 18.0 Å². The summed E-state index contributed by atoms with van der Waals surface area (Å²) in [4.78, 5) is 12.5. The van der Waals surface area contributed by atoms with Crippen LogP contribution in [0.4, 0.5) is 0 Å². The normalized spacial score (nSPS) is 11.7. The second kappa shape index (κ2) is 15.9. The fourth-order valence-corrected chi connectivity index (χ4v) is 1.98. The molecule has 0 aromatic carbocycles. The largest absolute Gasteiger partial charge is 0.432 e. The third kappa shape index (κ3) is 11.8. The Morgan fingerprint density at radius 2 is 0.852 bits per heavy atom. The maximum absolute atomic E-state index is 5.47. The number of hydrogen-bond donors (Lipinski definition) is 0. The van der Waals surface area contributed by atoms with E-state index in [-0.39, 0.29) is 18.0 Å². The predicted octanol–water partition coefficient (Wildman–Crippen LogP) is 6.12. The van der Waals surface area contributed by atoms with Gasteiger partial charge in [0.05, 0.1) is 18.8 Å². The maximum atomic E-state index is 5.47. The number of hydrogen-bond acceptors (Lipinski definition) is 6. The van der Waals surface area contributed by atoms with E-state index >= 15 is 0 Å². The third-order valence-corrected chi connectivity index (χ3v) is 3.56. The molecule has 0 aliphatic heterocycles. The van der Waals surface area contributed by atoms with Crippen molar-refractivity contribution in [2.45, 2.75) is 78.6 Å². The number of allylic oxidation sites excluding steroid dienone is 3. The maximum Gasteiger partial charge on any atom is 0.330 e. The Morgan fingerprint density at radius 1 is 0.556 bits per heavy atom. The number of aromatic nitrogens is 3. The quantitative estimate of drug-likeness (QED) is 0.272. The molecular formula is C21H33N3O3. The van der Waals surface area contributed by atoms with Gasteiger partial charge in [-0.15, -0.1) is 15.0 Å². The zero-order chi connectivity index (χ0) is 19.6. The zero-order valence-corrected chi connectivity index (χ0v) is 16.9. The summed E-state index contributed by atoms with van der Waals surface area (Å²) in [5.74, 6) is 0. The Hall–Kier alpha value is -2.37.